The lowest BCUT2D eigenvalue weighted by Crippen LogP contribution is -2.10. The minimum absolute atomic E-state index is 0.00849. The van der Waals surface area contributed by atoms with Gasteiger partial charge in [0.1, 0.15) is 17.3 Å². The molecule has 0 spiro atoms. The number of aromatic amines is 1. The molecule has 0 amide bonds. The van der Waals surface area contributed by atoms with Crippen molar-refractivity contribution >= 4 is 46.4 Å². The number of halogens is 3. The number of nitrogens with two attached hydrogens (primary N) is 1. The van der Waals surface area contributed by atoms with Crippen molar-refractivity contribution in [1.29, 1.82) is 0 Å². The summed E-state index contributed by atoms with van der Waals surface area (Å²) in [4.78, 5) is 17.6. The van der Waals surface area contributed by atoms with Gasteiger partial charge in [0.2, 0.25) is 5.78 Å². The highest BCUT2D eigenvalue weighted by Crippen LogP contribution is 2.30. The number of aromatic nitrogens is 3. The number of H-pyrrole nitrogens is 1. The zero-order valence-electron chi connectivity index (χ0n) is 17.3. The van der Waals surface area contributed by atoms with Gasteiger partial charge in [0.05, 0.1) is 21.5 Å². The summed E-state index contributed by atoms with van der Waals surface area (Å²) in [6, 6.07) is 8.33. The minimum Gasteiger partial charge on any atom is -0.327 e. The summed E-state index contributed by atoms with van der Waals surface area (Å²) < 4.78 is 46.5. The molecular weight excluding hydrogens is 471 g/mol. The minimum atomic E-state index is -0.993. The second-order valence-electron chi connectivity index (χ2n) is 7.02. The normalized spacial score (nSPS) is 11.2. The Morgan fingerprint density at radius 3 is 2.67 bits per heavy atom. The van der Waals surface area contributed by atoms with Crippen LogP contribution in [0.25, 0.3) is 22.2 Å². The van der Waals surface area contributed by atoms with Crippen LogP contribution in [0.15, 0.2) is 47.5 Å². The van der Waals surface area contributed by atoms with Crippen LogP contribution in [0.1, 0.15) is 29.4 Å². The average molecular weight is 490 g/mol. The highest BCUT2D eigenvalue weighted by molar-refractivity contribution is 8.00. The highest BCUT2D eigenvalue weighted by Gasteiger charge is 2.25. The average Bonchev–Trinajstić information content (AvgIpc) is 3.24. The van der Waals surface area contributed by atoms with Crippen molar-refractivity contribution in [3.8, 4) is 11.1 Å². The summed E-state index contributed by atoms with van der Waals surface area (Å²) in [6.07, 6.45) is 2.33. The number of pyridine rings is 1. The topological polar surface area (TPSA) is 96.7 Å². The lowest BCUT2D eigenvalue weighted by Gasteiger charge is -2.10. The summed E-state index contributed by atoms with van der Waals surface area (Å²) in [5.41, 5.74) is 0.363. The second kappa shape index (κ2) is 9.86. The molecule has 11 heteroatoms. The molecule has 0 atom stereocenters. The lowest BCUT2D eigenvalue weighted by atomic mass is 10.0. The molecule has 0 saturated carbocycles. The van der Waals surface area contributed by atoms with E-state index in [9.17, 15) is 13.6 Å². The largest absolute Gasteiger partial charge is 0.327 e. The van der Waals surface area contributed by atoms with E-state index in [4.69, 9.17) is 5.14 Å². The fourth-order valence-corrected chi connectivity index (χ4v) is 4.14. The Morgan fingerprint density at radius 1 is 1.12 bits per heavy atom. The molecule has 0 fully saturated rings. The van der Waals surface area contributed by atoms with E-state index in [0.717, 1.165) is 24.4 Å². The molecule has 2 aromatic heterocycles. The van der Waals surface area contributed by atoms with Crippen LogP contribution in [-0.2, 0) is 0 Å². The maximum absolute atomic E-state index is 15.0. The smallest absolute Gasteiger partial charge is 0.217 e. The van der Waals surface area contributed by atoms with Gasteiger partial charge in [0, 0.05) is 17.5 Å². The van der Waals surface area contributed by atoms with Crippen molar-refractivity contribution in [2.45, 2.75) is 18.2 Å². The number of rotatable bonds is 8. The van der Waals surface area contributed by atoms with Crippen molar-refractivity contribution in [3.05, 3.63) is 71.3 Å². The quantitative estimate of drug-likeness (QED) is 0.166. The molecule has 6 nitrogen and oxygen atoms in total. The number of nitrogens with one attached hydrogen (secondary N) is 2. The maximum atomic E-state index is 15.0. The summed E-state index contributed by atoms with van der Waals surface area (Å²) in [5.74, 6) is -2.68. The van der Waals surface area contributed by atoms with E-state index in [0.29, 0.717) is 16.9 Å². The molecule has 0 radical (unpaired) electrons. The van der Waals surface area contributed by atoms with E-state index in [1.54, 1.807) is 12.1 Å². The molecule has 4 rings (SSSR count). The second-order valence-corrected chi connectivity index (χ2v) is 8.60. The van der Waals surface area contributed by atoms with E-state index in [1.165, 1.54) is 36.3 Å². The number of carbonyl (C=O) groups is 1. The standard InChI is InChI=1S/C22H18F3N5OS2/c1-2-7-32-30-16-5-4-14(23)18(19(16)25)21(31)20-13-8-12(10-27-22(13)29-28-20)11-3-6-17(33-26)15(24)9-11/h3-6,8-10,30H,2,7,26H2,1H3,(H,27,28,29). The third kappa shape index (κ3) is 4.56. The zero-order chi connectivity index (χ0) is 23.5. The van der Waals surface area contributed by atoms with E-state index in [-0.39, 0.29) is 27.3 Å². The molecule has 0 saturated heterocycles. The van der Waals surface area contributed by atoms with Crippen molar-refractivity contribution in [1.82, 2.24) is 15.2 Å². The Balaban J connectivity index is 1.75. The van der Waals surface area contributed by atoms with Crippen LogP contribution in [0.5, 0.6) is 0 Å². The SMILES string of the molecule is CCCSNc1ccc(F)c(C(=O)c2[nH]nc3ncc(-c4ccc(SN)c(F)c4)cc23)c1F. The Hall–Kier alpha value is -3.02. The molecule has 0 aliphatic carbocycles. The molecule has 33 heavy (non-hydrogen) atoms. The van der Waals surface area contributed by atoms with Crippen LogP contribution in [-0.4, -0.2) is 26.7 Å². The van der Waals surface area contributed by atoms with E-state index in [1.807, 2.05) is 6.92 Å². The number of nitrogens with zero attached hydrogens (tertiary/aromatic N) is 2. The monoisotopic (exact) mass is 489 g/mol. The first-order valence-electron chi connectivity index (χ1n) is 9.85. The number of fused-ring (bicyclic) bond motifs is 1. The van der Waals surface area contributed by atoms with Gasteiger partial charge in [-0.05, 0) is 54.3 Å². The van der Waals surface area contributed by atoms with E-state index < -0.39 is 28.8 Å². The number of hydrogen-bond donors (Lipinski definition) is 3. The molecule has 170 valence electrons. The Labute approximate surface area is 195 Å². The lowest BCUT2D eigenvalue weighted by molar-refractivity contribution is 0.102. The van der Waals surface area contributed by atoms with Crippen LogP contribution in [0, 0.1) is 17.5 Å². The molecular formula is C22H18F3N5OS2. The molecule has 0 unspecified atom stereocenters. The van der Waals surface area contributed by atoms with Gasteiger partial charge in [-0.25, -0.2) is 18.2 Å². The van der Waals surface area contributed by atoms with Gasteiger partial charge in [0.15, 0.2) is 11.5 Å². The summed E-state index contributed by atoms with van der Waals surface area (Å²) in [6.45, 7) is 1.97. The van der Waals surface area contributed by atoms with Crippen LogP contribution < -0.4 is 9.86 Å². The number of benzene rings is 2. The van der Waals surface area contributed by atoms with Gasteiger partial charge in [0.25, 0.3) is 0 Å². The third-order valence-electron chi connectivity index (χ3n) is 4.84. The molecule has 2 heterocycles. The van der Waals surface area contributed by atoms with Crippen molar-refractivity contribution in [2.24, 2.45) is 5.14 Å². The molecule has 0 bridgehead atoms. The predicted octanol–water partition coefficient (Wildman–Crippen LogP) is 5.71. The Kier molecular flexibility index (Phi) is 6.91. The molecule has 0 aliphatic heterocycles. The highest BCUT2D eigenvalue weighted by atomic mass is 32.2. The van der Waals surface area contributed by atoms with E-state index >= 15 is 4.39 Å². The maximum Gasteiger partial charge on any atom is 0.217 e. The molecule has 2 aromatic carbocycles. The van der Waals surface area contributed by atoms with Gasteiger partial charge < -0.3 is 4.72 Å². The van der Waals surface area contributed by atoms with Crippen LogP contribution in [0.4, 0.5) is 18.9 Å². The number of carbonyl (C=O) groups excluding carboxylic acids is 1. The van der Waals surface area contributed by atoms with Crippen LogP contribution >= 0.6 is 23.9 Å². The summed E-state index contributed by atoms with van der Waals surface area (Å²) in [7, 11) is 0. The first-order chi connectivity index (χ1) is 15.9. The molecule has 0 aliphatic rings. The fraction of sp³-hybridized carbons (Fsp3) is 0.136. The summed E-state index contributed by atoms with van der Waals surface area (Å²) in [5, 5.41) is 12.2. The predicted molar refractivity (Wildman–Crippen MR) is 125 cm³/mol. The summed E-state index contributed by atoms with van der Waals surface area (Å²) >= 11 is 2.05. The zero-order valence-corrected chi connectivity index (χ0v) is 18.9. The van der Waals surface area contributed by atoms with Crippen molar-refractivity contribution in [3.63, 3.8) is 0 Å². The molecule has 4 aromatic rings. The van der Waals surface area contributed by atoms with Crippen molar-refractivity contribution < 1.29 is 18.0 Å². The number of anilines is 1. The van der Waals surface area contributed by atoms with Gasteiger partial charge in [-0.2, -0.15) is 5.10 Å². The van der Waals surface area contributed by atoms with Crippen molar-refractivity contribution in [2.75, 3.05) is 10.5 Å². The molecule has 4 N–H and O–H groups in total. The van der Waals surface area contributed by atoms with Gasteiger partial charge in [-0.1, -0.05) is 24.9 Å². The van der Waals surface area contributed by atoms with Crippen LogP contribution in [0.2, 0.25) is 0 Å². The third-order valence-corrected chi connectivity index (χ3v) is 6.40. The first kappa shape index (κ1) is 23.1. The van der Waals surface area contributed by atoms with Gasteiger partial charge >= 0.3 is 0 Å². The Morgan fingerprint density at radius 2 is 1.94 bits per heavy atom. The fourth-order valence-electron chi connectivity index (χ4n) is 3.20. The number of hydrogen-bond acceptors (Lipinski definition) is 7. The number of ketones is 1. The Bertz CT molecular complexity index is 1350. The van der Waals surface area contributed by atoms with E-state index in [2.05, 4.69) is 19.9 Å². The van der Waals surface area contributed by atoms with Gasteiger partial charge in [-0.15, -0.1) is 0 Å². The first-order valence-corrected chi connectivity index (χ1v) is 11.7. The van der Waals surface area contributed by atoms with Crippen LogP contribution in [0.3, 0.4) is 0 Å². The van der Waals surface area contributed by atoms with Gasteiger partial charge in [-0.3, -0.25) is 15.0 Å².